The van der Waals surface area contributed by atoms with E-state index in [1.54, 1.807) is 0 Å². The molecule has 1 N–H and O–H groups in total. The number of aliphatic hydroxyl groups is 1. The summed E-state index contributed by atoms with van der Waals surface area (Å²) >= 11 is 50.5. The lowest BCUT2D eigenvalue weighted by atomic mass is 9.77. The van der Waals surface area contributed by atoms with E-state index in [4.69, 9.17) is 0 Å². The van der Waals surface area contributed by atoms with Crippen molar-refractivity contribution < 1.29 is 5.11 Å². The van der Waals surface area contributed by atoms with Crippen LogP contribution in [0.2, 0.25) is 0 Å². The minimum Gasteiger partial charge on any atom is -0.376 e. The third-order valence-corrected chi connectivity index (χ3v) is 31.6. The third kappa shape index (κ3) is 7.12. The maximum absolute atomic E-state index is 12.8. The van der Waals surface area contributed by atoms with Gasteiger partial charge >= 0.3 is 0 Å². The van der Waals surface area contributed by atoms with Gasteiger partial charge in [0.05, 0.1) is 0 Å². The lowest BCUT2D eigenvalue weighted by molar-refractivity contribution is 0.124. The molecular weight excluding hydrogens is 1380 g/mol. The second-order valence-corrected chi connectivity index (χ2v) is 33.0. The van der Waals surface area contributed by atoms with Gasteiger partial charge in [0, 0.05) is 0 Å². The Morgan fingerprint density at radius 2 is 0.927 bits per heavy atom. The summed E-state index contributed by atoms with van der Waals surface area (Å²) in [4.78, 5) is 0. The predicted octanol–water partition coefficient (Wildman–Crippen LogP) is 14.3. The van der Waals surface area contributed by atoms with Crippen molar-refractivity contribution in [2.24, 2.45) is 0 Å². The van der Waals surface area contributed by atoms with Gasteiger partial charge in [0.2, 0.25) is 0 Å². The number of halogens is 13. The molecule has 14 heteroatoms. The second-order valence-electron chi connectivity index (χ2n) is 9.05. The minimum atomic E-state index is -1.49. The summed E-state index contributed by atoms with van der Waals surface area (Å²) in [6, 6.07) is 25.5. The van der Waals surface area contributed by atoms with E-state index in [9.17, 15) is 5.11 Å². The minimum absolute atomic E-state index is 0.689. The van der Waals surface area contributed by atoms with E-state index in [1.165, 1.54) is 0 Å². The standard InChI is InChI=1S/C27H19Br13O/c1-2-16-13-14-19(21(41,17-9-5-3-6-10-17)18-11-7-4-8-12-18)20(15-16)22(28,29)23(30,31)24(32,33)25(34,35)26(36,37)27(38,39)40/h3-15,41H,2H2,1H3. The normalized spacial score (nSPS) is 14.3. The summed E-state index contributed by atoms with van der Waals surface area (Å²) < 4.78 is -6.02. The van der Waals surface area contributed by atoms with Gasteiger partial charge in [0.25, 0.3) is 0 Å². The number of alkyl halides is 13. The zero-order valence-corrected chi connectivity index (χ0v) is 41.2. The number of benzene rings is 3. The summed E-state index contributed by atoms with van der Waals surface area (Å²) in [6.45, 7) is 2.10. The van der Waals surface area contributed by atoms with Crippen molar-refractivity contribution in [3.8, 4) is 0 Å². The van der Waals surface area contributed by atoms with Crippen LogP contribution in [0.15, 0.2) is 78.9 Å². The van der Waals surface area contributed by atoms with Crippen molar-refractivity contribution in [1.82, 2.24) is 0 Å². The van der Waals surface area contributed by atoms with Crippen molar-refractivity contribution in [3.05, 3.63) is 107 Å². The molecule has 0 saturated heterocycles. The molecule has 224 valence electrons. The topological polar surface area (TPSA) is 20.2 Å². The lowest BCUT2D eigenvalue weighted by Crippen LogP contribution is -2.62. The molecule has 0 atom stereocenters. The molecule has 3 aromatic carbocycles. The number of rotatable bonds is 9. The first-order valence-electron chi connectivity index (χ1n) is 11.6. The molecule has 0 spiro atoms. The fourth-order valence-electron chi connectivity index (χ4n) is 4.16. The monoisotopic (exact) mass is 1390 g/mol. The Balaban J connectivity index is 2.39. The van der Waals surface area contributed by atoms with Crippen LogP contribution in [-0.2, 0) is 15.3 Å². The van der Waals surface area contributed by atoms with Crippen LogP contribution >= 0.6 is 207 Å². The van der Waals surface area contributed by atoms with Gasteiger partial charge < -0.3 is 5.11 Å². The van der Waals surface area contributed by atoms with E-state index < -0.39 is 23.9 Å². The zero-order chi connectivity index (χ0) is 31.3. The Bertz CT molecular complexity index is 1310. The molecule has 0 aliphatic heterocycles. The molecule has 3 rings (SSSR count). The third-order valence-electron chi connectivity index (χ3n) is 6.54. The summed E-state index contributed by atoms with van der Waals surface area (Å²) in [7, 11) is 0. The molecule has 0 aliphatic carbocycles. The van der Waals surface area contributed by atoms with Crippen LogP contribution in [0.25, 0.3) is 0 Å². The second kappa shape index (κ2) is 14.4. The van der Waals surface area contributed by atoms with Crippen molar-refractivity contribution in [2.75, 3.05) is 0 Å². The quantitative estimate of drug-likeness (QED) is 0.167. The molecule has 41 heavy (non-hydrogen) atoms. The van der Waals surface area contributed by atoms with Crippen molar-refractivity contribution in [1.29, 1.82) is 0 Å². The van der Waals surface area contributed by atoms with Crippen LogP contribution in [-0.4, -0.2) is 20.2 Å². The Labute approximate surface area is 350 Å². The van der Waals surface area contributed by atoms with Crippen LogP contribution in [0.3, 0.4) is 0 Å². The van der Waals surface area contributed by atoms with Gasteiger partial charge in [-0.1, -0.05) is 293 Å². The maximum Gasteiger partial charge on any atom is 0.162 e. The van der Waals surface area contributed by atoms with Gasteiger partial charge in [-0.3, -0.25) is 0 Å². The average Bonchev–Trinajstić information content (AvgIpc) is 2.92. The number of hydrogen-bond acceptors (Lipinski definition) is 1. The maximum atomic E-state index is 12.8. The van der Waals surface area contributed by atoms with E-state index in [2.05, 4.69) is 226 Å². The summed E-state index contributed by atoms with van der Waals surface area (Å²) in [5, 5.41) is 12.8. The van der Waals surface area contributed by atoms with E-state index >= 15 is 0 Å². The highest BCUT2D eigenvalue weighted by molar-refractivity contribution is 9.42. The lowest BCUT2D eigenvalue weighted by Gasteiger charge is -2.54. The van der Waals surface area contributed by atoms with Crippen LogP contribution in [0.1, 0.15) is 34.7 Å². The van der Waals surface area contributed by atoms with Gasteiger partial charge in [-0.05, 0) is 34.2 Å². The Morgan fingerprint density at radius 3 is 1.32 bits per heavy atom. The first-order chi connectivity index (χ1) is 18.6. The molecular formula is C27H19Br13O. The highest BCUT2D eigenvalue weighted by atomic mass is 80.0. The van der Waals surface area contributed by atoms with E-state index in [-0.39, 0.29) is 0 Å². The predicted molar refractivity (Wildman–Crippen MR) is 222 cm³/mol. The molecule has 3 aromatic rings. The largest absolute Gasteiger partial charge is 0.376 e. The van der Waals surface area contributed by atoms with Crippen LogP contribution in [0.4, 0.5) is 0 Å². The molecule has 0 aliphatic rings. The summed E-state index contributed by atoms with van der Waals surface area (Å²) in [6.07, 6.45) is 0.801. The summed E-state index contributed by atoms with van der Waals surface area (Å²) in [5.41, 5.74) is 2.57. The molecule has 0 unspecified atom stereocenters. The molecule has 0 bridgehead atoms. The number of aryl methyl sites for hydroxylation is 1. The van der Waals surface area contributed by atoms with Gasteiger partial charge in [0.1, 0.15) is 21.8 Å². The molecule has 0 heterocycles. The first-order valence-corrected chi connectivity index (χ1v) is 21.9. The van der Waals surface area contributed by atoms with Gasteiger partial charge in [-0.2, -0.15) is 0 Å². The van der Waals surface area contributed by atoms with Crippen molar-refractivity contribution in [2.45, 2.75) is 37.3 Å². The van der Waals surface area contributed by atoms with E-state index in [1.807, 2.05) is 66.7 Å². The van der Waals surface area contributed by atoms with Crippen LogP contribution < -0.4 is 0 Å². The smallest absolute Gasteiger partial charge is 0.162 e. The fourth-order valence-corrected chi connectivity index (χ4v) is 15.1. The zero-order valence-electron chi connectivity index (χ0n) is 20.6. The molecule has 0 radical (unpaired) electrons. The van der Waals surface area contributed by atoms with Crippen LogP contribution in [0.5, 0.6) is 0 Å². The molecule has 0 saturated carbocycles. The first kappa shape index (κ1) is 39.3. The SMILES string of the molecule is CCc1ccc(C(O)(c2ccccc2)c2ccccc2)c(C(Br)(Br)C(Br)(Br)C(Br)(Br)C(Br)(Br)C(Br)(Br)C(Br)(Br)Br)c1. The highest BCUT2D eigenvalue weighted by Crippen LogP contribution is 2.76. The Hall–Kier alpha value is 3.86. The van der Waals surface area contributed by atoms with Gasteiger partial charge in [-0.25, -0.2) is 0 Å². The van der Waals surface area contributed by atoms with Crippen molar-refractivity contribution >= 4 is 207 Å². The Morgan fingerprint density at radius 1 is 0.512 bits per heavy atom. The number of hydrogen-bond donors (Lipinski definition) is 1. The molecule has 0 fully saturated rings. The van der Waals surface area contributed by atoms with Gasteiger partial charge in [0.15, 0.2) is 2.14 Å². The van der Waals surface area contributed by atoms with E-state index in [0.717, 1.165) is 28.7 Å². The van der Waals surface area contributed by atoms with Crippen molar-refractivity contribution in [3.63, 3.8) is 0 Å². The highest BCUT2D eigenvalue weighted by Gasteiger charge is 2.73. The summed E-state index contributed by atoms with van der Waals surface area (Å²) in [5.74, 6) is 0. The molecule has 0 aromatic heterocycles. The van der Waals surface area contributed by atoms with E-state index in [0.29, 0.717) is 5.56 Å². The average molecular weight is 1400 g/mol. The molecule has 0 amide bonds. The molecule has 1 nitrogen and oxygen atoms in total. The van der Waals surface area contributed by atoms with Crippen LogP contribution in [0, 0.1) is 0 Å². The fraction of sp³-hybridized carbons (Fsp3) is 0.333. The Kier molecular flexibility index (Phi) is 13.8. The van der Waals surface area contributed by atoms with Gasteiger partial charge in [-0.15, -0.1) is 0 Å².